The third-order valence-corrected chi connectivity index (χ3v) is 5.29. The van der Waals surface area contributed by atoms with E-state index in [1.807, 2.05) is 0 Å². The van der Waals surface area contributed by atoms with Crippen LogP contribution >= 0.6 is 10.7 Å². The summed E-state index contributed by atoms with van der Waals surface area (Å²) >= 11 is 0. The van der Waals surface area contributed by atoms with Crippen LogP contribution in [0.3, 0.4) is 0 Å². The smallest absolute Gasteiger partial charge is 0.261 e. The number of rotatable bonds is 5. The molecule has 0 heterocycles. The van der Waals surface area contributed by atoms with Crippen molar-refractivity contribution < 1.29 is 17.9 Å². The summed E-state index contributed by atoms with van der Waals surface area (Å²) in [5, 5.41) is 2.79. The molecule has 0 aliphatic heterocycles. The van der Waals surface area contributed by atoms with E-state index < -0.39 is 9.05 Å². The van der Waals surface area contributed by atoms with Crippen LogP contribution in [0.1, 0.15) is 31.2 Å². The molecule has 0 saturated heterocycles. The lowest BCUT2D eigenvalue weighted by atomic mass is 9.77. The summed E-state index contributed by atoms with van der Waals surface area (Å²) in [5.41, 5.74) is 0.886. The first-order valence-electron chi connectivity index (χ1n) is 6.66. The highest BCUT2D eigenvalue weighted by molar-refractivity contribution is 8.13. The molecule has 0 aromatic heterocycles. The number of hydrogen-bond acceptors (Lipinski definition) is 4. The van der Waals surface area contributed by atoms with Crippen LogP contribution in [-0.4, -0.2) is 27.0 Å². The zero-order chi connectivity index (χ0) is 15.7. The summed E-state index contributed by atoms with van der Waals surface area (Å²) in [5.74, 6) is -0.138. The molecule has 7 heteroatoms. The Morgan fingerprint density at radius 1 is 1.43 bits per heavy atom. The van der Waals surface area contributed by atoms with Crippen LogP contribution in [0, 0.1) is 6.92 Å². The number of nitrogens with one attached hydrogen (secondary N) is 1. The van der Waals surface area contributed by atoms with Gasteiger partial charge in [0.05, 0.1) is 16.9 Å². The monoisotopic (exact) mass is 331 g/mol. The molecule has 1 amide bonds. The van der Waals surface area contributed by atoms with Gasteiger partial charge < -0.3 is 10.1 Å². The molecule has 1 fully saturated rings. The number of hydrogen-bond donors (Lipinski definition) is 1. The van der Waals surface area contributed by atoms with Crippen molar-refractivity contribution in [1.29, 1.82) is 0 Å². The first kappa shape index (κ1) is 16.3. The first-order chi connectivity index (χ1) is 9.76. The molecule has 1 aromatic rings. The van der Waals surface area contributed by atoms with Crippen LogP contribution in [0.15, 0.2) is 23.1 Å². The maximum absolute atomic E-state index is 12.1. The molecule has 1 N–H and O–H groups in total. The maximum atomic E-state index is 12.1. The van der Waals surface area contributed by atoms with Gasteiger partial charge in [-0.3, -0.25) is 4.79 Å². The maximum Gasteiger partial charge on any atom is 0.261 e. The van der Waals surface area contributed by atoms with Crippen LogP contribution in [0.5, 0.6) is 0 Å². The van der Waals surface area contributed by atoms with E-state index in [-0.39, 0.29) is 16.4 Å². The van der Waals surface area contributed by atoms with E-state index in [9.17, 15) is 13.2 Å². The molecule has 116 valence electrons. The van der Waals surface area contributed by atoms with Gasteiger partial charge in [0.15, 0.2) is 0 Å². The number of carbonyl (C=O) groups excluding carboxylic acids is 1. The predicted molar refractivity (Wildman–Crippen MR) is 81.1 cm³/mol. The number of aryl methyl sites for hydroxylation is 1. The number of anilines is 1. The summed E-state index contributed by atoms with van der Waals surface area (Å²) in [6.45, 7) is 1.72. The van der Waals surface area contributed by atoms with E-state index in [0.29, 0.717) is 17.7 Å². The lowest BCUT2D eigenvalue weighted by Crippen LogP contribution is -2.42. The fourth-order valence-corrected chi connectivity index (χ4v) is 3.28. The van der Waals surface area contributed by atoms with Crippen molar-refractivity contribution in [3.63, 3.8) is 0 Å². The van der Waals surface area contributed by atoms with Gasteiger partial charge in [-0.15, -0.1) is 0 Å². The lowest BCUT2D eigenvalue weighted by Gasteiger charge is -2.39. The zero-order valence-corrected chi connectivity index (χ0v) is 13.6. The number of amides is 1. The Bertz CT molecular complexity index is 647. The van der Waals surface area contributed by atoms with Crippen molar-refractivity contribution in [2.24, 2.45) is 0 Å². The number of methoxy groups -OCH3 is 1. The van der Waals surface area contributed by atoms with Crippen molar-refractivity contribution in [3.05, 3.63) is 23.8 Å². The molecule has 0 radical (unpaired) electrons. The zero-order valence-electron chi connectivity index (χ0n) is 12.0. The Labute approximate surface area is 129 Å². The molecular weight excluding hydrogens is 314 g/mol. The van der Waals surface area contributed by atoms with Gasteiger partial charge in [-0.2, -0.15) is 0 Å². The minimum absolute atomic E-state index is 0.0204. The van der Waals surface area contributed by atoms with E-state index in [1.165, 1.54) is 12.1 Å². The van der Waals surface area contributed by atoms with Gasteiger partial charge >= 0.3 is 0 Å². The molecule has 0 spiro atoms. The number of ether oxygens (including phenoxy) is 1. The van der Waals surface area contributed by atoms with Gasteiger partial charge in [-0.25, -0.2) is 8.42 Å². The highest BCUT2D eigenvalue weighted by Gasteiger charge is 2.39. The number of benzene rings is 1. The molecule has 0 bridgehead atoms. The Balaban J connectivity index is 2.08. The third kappa shape index (κ3) is 3.75. The molecule has 2 rings (SSSR count). The molecule has 0 atom stereocenters. The number of carbonyl (C=O) groups is 1. The molecule has 21 heavy (non-hydrogen) atoms. The highest BCUT2D eigenvalue weighted by Crippen LogP contribution is 2.38. The third-order valence-electron chi connectivity index (χ3n) is 3.93. The van der Waals surface area contributed by atoms with Gasteiger partial charge in [0.25, 0.3) is 9.05 Å². The first-order valence-corrected chi connectivity index (χ1v) is 8.97. The second kappa shape index (κ2) is 5.94. The quantitative estimate of drug-likeness (QED) is 0.842. The highest BCUT2D eigenvalue weighted by atomic mass is 35.7. The summed E-state index contributed by atoms with van der Waals surface area (Å²) in [6, 6.07) is 4.36. The van der Waals surface area contributed by atoms with E-state index in [1.54, 1.807) is 20.1 Å². The molecular formula is C14H18ClNO4S. The molecule has 1 aliphatic carbocycles. The summed E-state index contributed by atoms with van der Waals surface area (Å²) < 4.78 is 27.9. The summed E-state index contributed by atoms with van der Waals surface area (Å²) in [7, 11) is 3.15. The Morgan fingerprint density at radius 2 is 2.10 bits per heavy atom. The Morgan fingerprint density at radius 3 is 2.52 bits per heavy atom. The summed E-state index contributed by atoms with van der Waals surface area (Å²) in [4.78, 5) is 12.1. The lowest BCUT2D eigenvalue weighted by molar-refractivity contribution is -0.129. The normalized spacial score (nSPS) is 17.1. The van der Waals surface area contributed by atoms with Crippen LogP contribution in [0.4, 0.5) is 5.69 Å². The SMILES string of the molecule is COC1(CC(=O)Nc2ccc(S(=O)(=O)Cl)cc2C)CCC1. The fraction of sp³-hybridized carbons (Fsp3) is 0.500. The van der Waals surface area contributed by atoms with Crippen LogP contribution in [0.25, 0.3) is 0 Å². The average molecular weight is 332 g/mol. The van der Waals surface area contributed by atoms with E-state index >= 15 is 0 Å². The minimum atomic E-state index is -3.76. The second-order valence-corrected chi connectivity index (χ2v) is 7.95. The number of halogens is 1. The van der Waals surface area contributed by atoms with Gasteiger partial charge in [-0.1, -0.05) is 0 Å². The van der Waals surface area contributed by atoms with Crippen molar-refractivity contribution in [1.82, 2.24) is 0 Å². The van der Waals surface area contributed by atoms with Crippen LogP contribution in [0.2, 0.25) is 0 Å². The summed E-state index contributed by atoms with van der Waals surface area (Å²) in [6.07, 6.45) is 3.15. The average Bonchev–Trinajstić information content (AvgIpc) is 2.35. The van der Waals surface area contributed by atoms with Gasteiger partial charge in [0.1, 0.15) is 0 Å². The van der Waals surface area contributed by atoms with Crippen molar-refractivity contribution >= 4 is 31.3 Å². The molecule has 1 aliphatic rings. The van der Waals surface area contributed by atoms with E-state index in [4.69, 9.17) is 15.4 Å². The van der Waals surface area contributed by atoms with Gasteiger partial charge in [-0.05, 0) is 49.9 Å². The van der Waals surface area contributed by atoms with Crippen LogP contribution < -0.4 is 5.32 Å². The standard InChI is InChI=1S/C14H18ClNO4S/c1-10-8-11(21(15,18)19)4-5-12(10)16-13(17)9-14(20-2)6-3-7-14/h4-5,8H,3,6-7,9H2,1-2H3,(H,16,17). The largest absolute Gasteiger partial charge is 0.378 e. The van der Waals surface area contributed by atoms with E-state index in [2.05, 4.69) is 5.32 Å². The molecule has 5 nitrogen and oxygen atoms in total. The van der Waals surface area contributed by atoms with Crippen molar-refractivity contribution in [2.75, 3.05) is 12.4 Å². The van der Waals surface area contributed by atoms with Gasteiger partial charge in [0, 0.05) is 23.5 Å². The van der Waals surface area contributed by atoms with Gasteiger partial charge in [0.2, 0.25) is 5.91 Å². The van der Waals surface area contributed by atoms with Crippen LogP contribution in [-0.2, 0) is 18.6 Å². The van der Waals surface area contributed by atoms with E-state index in [0.717, 1.165) is 19.3 Å². The fourth-order valence-electron chi connectivity index (χ4n) is 2.44. The van der Waals surface area contributed by atoms with Crippen molar-refractivity contribution in [2.45, 2.75) is 43.1 Å². The molecule has 1 saturated carbocycles. The second-order valence-electron chi connectivity index (χ2n) is 5.38. The Hall–Kier alpha value is -1.11. The minimum Gasteiger partial charge on any atom is -0.378 e. The predicted octanol–water partition coefficient (Wildman–Crippen LogP) is 2.82. The Kier molecular flexibility index (Phi) is 4.60. The molecule has 0 unspecified atom stereocenters. The van der Waals surface area contributed by atoms with Crippen molar-refractivity contribution in [3.8, 4) is 0 Å². The topological polar surface area (TPSA) is 72.5 Å². The molecule has 1 aromatic carbocycles.